The Labute approximate surface area is 218 Å². The number of nitrogens with one attached hydrogen (secondary N) is 1. The summed E-state index contributed by atoms with van der Waals surface area (Å²) in [6.45, 7) is 2.38. The molecule has 1 atom stereocenters. The molecule has 200 valence electrons. The quantitative estimate of drug-likeness (QED) is 0.480. The lowest BCUT2D eigenvalue weighted by molar-refractivity contribution is -0.141. The molecule has 1 saturated heterocycles. The fourth-order valence-corrected chi connectivity index (χ4v) is 5.23. The van der Waals surface area contributed by atoms with Gasteiger partial charge in [-0.05, 0) is 56.1 Å². The highest BCUT2D eigenvalue weighted by Crippen LogP contribution is 2.36. The van der Waals surface area contributed by atoms with Crippen LogP contribution in [0.15, 0.2) is 18.3 Å². The van der Waals surface area contributed by atoms with Crippen LogP contribution in [0.1, 0.15) is 61.3 Å². The number of aromatic nitrogens is 3. The highest BCUT2D eigenvalue weighted by atomic mass is 16.5. The molecule has 2 aromatic heterocycles. The third kappa shape index (κ3) is 6.87. The lowest BCUT2D eigenvalue weighted by Gasteiger charge is -2.34. The molecule has 1 amide bonds. The first-order valence-corrected chi connectivity index (χ1v) is 13.0. The van der Waals surface area contributed by atoms with Gasteiger partial charge in [0.15, 0.2) is 0 Å². The van der Waals surface area contributed by atoms with Crippen molar-refractivity contribution in [2.24, 2.45) is 5.92 Å². The number of nitrogens with zero attached hydrogens (tertiary/aromatic N) is 4. The van der Waals surface area contributed by atoms with Crippen molar-refractivity contribution in [3.8, 4) is 11.9 Å². The van der Waals surface area contributed by atoms with Gasteiger partial charge in [-0.1, -0.05) is 6.07 Å². The second-order valence-electron chi connectivity index (χ2n) is 9.70. The van der Waals surface area contributed by atoms with Crippen molar-refractivity contribution >= 4 is 17.7 Å². The number of ether oxygens (including phenoxy) is 3. The fourth-order valence-electron chi connectivity index (χ4n) is 5.23. The number of methoxy groups -OCH3 is 3. The van der Waals surface area contributed by atoms with Crippen molar-refractivity contribution in [3.05, 3.63) is 35.2 Å². The summed E-state index contributed by atoms with van der Waals surface area (Å²) in [5.41, 5.74) is 2.98. The van der Waals surface area contributed by atoms with E-state index in [2.05, 4.69) is 21.4 Å². The summed E-state index contributed by atoms with van der Waals surface area (Å²) in [6, 6.07) is 4.39. The number of hydrogen-bond donors (Lipinski definition) is 1. The standard InChI is InChI=1S/C27H37N5O5/c1-35-24(34)16-20(22-17-29-27(37-3)31-26(22)36-2)15-18-10-13-32(14-11-18)23(33)9-8-21-7-6-19-5-4-12-28-25(19)30-21/h6-7,17-18,20H,4-5,8-16H2,1-3H3,(H,28,30). The van der Waals surface area contributed by atoms with Crippen LogP contribution in [0, 0.1) is 5.92 Å². The van der Waals surface area contributed by atoms with Gasteiger partial charge in [-0.3, -0.25) is 9.59 Å². The van der Waals surface area contributed by atoms with Gasteiger partial charge < -0.3 is 24.4 Å². The molecule has 1 N–H and O–H groups in total. The molecule has 0 radical (unpaired) electrons. The van der Waals surface area contributed by atoms with Crippen molar-refractivity contribution in [3.63, 3.8) is 0 Å². The van der Waals surface area contributed by atoms with Crippen molar-refractivity contribution in [1.82, 2.24) is 19.9 Å². The predicted molar refractivity (Wildman–Crippen MR) is 138 cm³/mol. The Morgan fingerprint density at radius 3 is 2.68 bits per heavy atom. The van der Waals surface area contributed by atoms with Crippen molar-refractivity contribution in [2.45, 2.75) is 57.3 Å². The van der Waals surface area contributed by atoms with Crippen LogP contribution < -0.4 is 14.8 Å². The van der Waals surface area contributed by atoms with Gasteiger partial charge >= 0.3 is 12.0 Å². The van der Waals surface area contributed by atoms with E-state index in [-0.39, 0.29) is 30.2 Å². The summed E-state index contributed by atoms with van der Waals surface area (Å²) in [6.07, 6.45) is 7.69. The molecule has 0 aliphatic carbocycles. The summed E-state index contributed by atoms with van der Waals surface area (Å²) >= 11 is 0. The molecule has 0 bridgehead atoms. The van der Waals surface area contributed by atoms with E-state index in [1.54, 1.807) is 13.3 Å². The topological polar surface area (TPSA) is 116 Å². The number of hydrogen-bond acceptors (Lipinski definition) is 9. The number of pyridine rings is 1. The van der Waals surface area contributed by atoms with Crippen LogP contribution in [-0.2, 0) is 27.2 Å². The number of rotatable bonds is 10. The molecule has 4 rings (SSSR count). The Bertz CT molecular complexity index is 1090. The number of amides is 1. The normalized spacial score (nSPS) is 16.4. The first-order chi connectivity index (χ1) is 18.0. The lowest BCUT2D eigenvalue weighted by Crippen LogP contribution is -2.39. The number of likely N-dealkylation sites (tertiary alicyclic amines) is 1. The molecule has 37 heavy (non-hydrogen) atoms. The van der Waals surface area contributed by atoms with E-state index in [4.69, 9.17) is 19.2 Å². The van der Waals surface area contributed by atoms with E-state index in [9.17, 15) is 9.59 Å². The maximum absolute atomic E-state index is 12.9. The van der Waals surface area contributed by atoms with Crippen LogP contribution in [0.2, 0.25) is 0 Å². The molecule has 0 aromatic carbocycles. The smallest absolute Gasteiger partial charge is 0.319 e. The number of esters is 1. The van der Waals surface area contributed by atoms with Crippen LogP contribution in [0.25, 0.3) is 0 Å². The number of aryl methyl sites for hydroxylation is 2. The third-order valence-corrected chi connectivity index (χ3v) is 7.35. The minimum atomic E-state index is -0.290. The summed E-state index contributed by atoms with van der Waals surface area (Å²) in [5, 5.41) is 3.36. The number of carbonyl (C=O) groups excluding carboxylic acids is 2. The summed E-state index contributed by atoms with van der Waals surface area (Å²) < 4.78 is 15.5. The van der Waals surface area contributed by atoms with Gasteiger partial charge in [0.05, 0.1) is 27.8 Å². The van der Waals surface area contributed by atoms with E-state index < -0.39 is 0 Å². The zero-order chi connectivity index (χ0) is 26.2. The SMILES string of the molecule is COC(=O)CC(CC1CCN(C(=O)CCc2ccc3c(n2)NCCC3)CC1)c1cnc(OC)nc1OC. The predicted octanol–water partition coefficient (Wildman–Crippen LogP) is 3.16. The van der Waals surface area contributed by atoms with Gasteiger partial charge in [0.1, 0.15) is 5.82 Å². The van der Waals surface area contributed by atoms with E-state index in [1.165, 1.54) is 19.8 Å². The van der Waals surface area contributed by atoms with Gasteiger partial charge in [0.2, 0.25) is 11.8 Å². The maximum atomic E-state index is 12.9. The van der Waals surface area contributed by atoms with Crippen molar-refractivity contribution in [1.29, 1.82) is 0 Å². The van der Waals surface area contributed by atoms with Gasteiger partial charge in [0, 0.05) is 49.4 Å². The summed E-state index contributed by atoms with van der Waals surface area (Å²) in [4.78, 5) is 40.3. The zero-order valence-electron chi connectivity index (χ0n) is 22.0. The molecule has 0 saturated carbocycles. The van der Waals surface area contributed by atoms with E-state index in [0.717, 1.165) is 55.7 Å². The minimum Gasteiger partial charge on any atom is -0.481 e. The first-order valence-electron chi connectivity index (χ1n) is 13.0. The van der Waals surface area contributed by atoms with Gasteiger partial charge in [0.25, 0.3) is 0 Å². The summed E-state index contributed by atoms with van der Waals surface area (Å²) in [5.74, 6) is 1.46. The molecule has 10 nitrogen and oxygen atoms in total. The Morgan fingerprint density at radius 1 is 1.14 bits per heavy atom. The molecule has 10 heteroatoms. The lowest BCUT2D eigenvalue weighted by atomic mass is 9.82. The van der Waals surface area contributed by atoms with Crippen molar-refractivity contribution in [2.75, 3.05) is 46.3 Å². The van der Waals surface area contributed by atoms with Crippen LogP contribution in [0.4, 0.5) is 5.82 Å². The fraction of sp³-hybridized carbons (Fsp3) is 0.593. The number of carbonyl (C=O) groups is 2. The largest absolute Gasteiger partial charge is 0.481 e. The van der Waals surface area contributed by atoms with E-state index in [0.29, 0.717) is 37.7 Å². The Kier molecular flexibility index (Phi) is 9.14. The molecule has 1 unspecified atom stereocenters. The molecule has 2 aromatic rings. The first kappa shape index (κ1) is 26.6. The molecule has 4 heterocycles. The van der Waals surface area contributed by atoms with Gasteiger partial charge in [-0.2, -0.15) is 4.98 Å². The second kappa shape index (κ2) is 12.7. The highest BCUT2D eigenvalue weighted by molar-refractivity contribution is 5.76. The zero-order valence-corrected chi connectivity index (χ0v) is 22.0. The van der Waals surface area contributed by atoms with Gasteiger partial charge in [-0.15, -0.1) is 0 Å². The molecule has 0 spiro atoms. The summed E-state index contributed by atoms with van der Waals surface area (Å²) in [7, 11) is 4.43. The Balaban J connectivity index is 1.32. The monoisotopic (exact) mass is 511 g/mol. The molecule has 2 aliphatic heterocycles. The van der Waals surface area contributed by atoms with Crippen LogP contribution in [-0.4, -0.2) is 72.7 Å². The van der Waals surface area contributed by atoms with Crippen LogP contribution in [0.3, 0.4) is 0 Å². The molecular formula is C27H37N5O5. The number of anilines is 1. The second-order valence-corrected chi connectivity index (χ2v) is 9.70. The van der Waals surface area contributed by atoms with E-state index >= 15 is 0 Å². The molecular weight excluding hydrogens is 474 g/mol. The number of fused-ring (bicyclic) bond motifs is 1. The average Bonchev–Trinajstić information content (AvgIpc) is 2.95. The minimum absolute atomic E-state index is 0.149. The Morgan fingerprint density at radius 2 is 1.95 bits per heavy atom. The molecule has 2 aliphatic rings. The van der Waals surface area contributed by atoms with Crippen LogP contribution in [0.5, 0.6) is 11.9 Å². The van der Waals surface area contributed by atoms with Gasteiger partial charge in [-0.25, -0.2) is 9.97 Å². The number of piperidine rings is 1. The highest BCUT2D eigenvalue weighted by Gasteiger charge is 2.29. The average molecular weight is 512 g/mol. The molecule has 1 fully saturated rings. The maximum Gasteiger partial charge on any atom is 0.319 e. The third-order valence-electron chi connectivity index (χ3n) is 7.35. The van der Waals surface area contributed by atoms with E-state index in [1.807, 2.05) is 11.0 Å². The Hall–Kier alpha value is -3.43. The van der Waals surface area contributed by atoms with Crippen LogP contribution >= 0.6 is 0 Å². The van der Waals surface area contributed by atoms with Crippen molar-refractivity contribution < 1.29 is 23.8 Å².